The summed E-state index contributed by atoms with van der Waals surface area (Å²) in [5.41, 5.74) is 9.32. The second-order valence-electron chi connectivity index (χ2n) is 5.00. The van der Waals surface area contributed by atoms with Crippen molar-refractivity contribution in [3.8, 4) is 0 Å². The van der Waals surface area contributed by atoms with E-state index >= 15 is 0 Å². The summed E-state index contributed by atoms with van der Waals surface area (Å²) in [4.78, 5) is 4.21. The van der Waals surface area contributed by atoms with E-state index in [2.05, 4.69) is 15.1 Å². The minimum absolute atomic E-state index is 0.0127. The fourth-order valence-corrected chi connectivity index (χ4v) is 2.84. The summed E-state index contributed by atoms with van der Waals surface area (Å²) in [6.45, 7) is 5.61. The van der Waals surface area contributed by atoms with Gasteiger partial charge in [0.05, 0.1) is 4.90 Å². The molecule has 4 N–H and O–H groups in total. The SMILES string of the molecule is Cc1ccc(S(=O)(=O)NC(=S)N(C)NC(N)=NC(C)C)cc1. The second-order valence-corrected chi connectivity index (χ2v) is 7.07. The highest BCUT2D eigenvalue weighted by atomic mass is 32.2. The maximum Gasteiger partial charge on any atom is 0.263 e. The van der Waals surface area contributed by atoms with Gasteiger partial charge in [-0.2, -0.15) is 0 Å². The lowest BCUT2D eigenvalue weighted by molar-refractivity contribution is 0.450. The quantitative estimate of drug-likeness (QED) is 0.324. The van der Waals surface area contributed by atoms with Gasteiger partial charge in [-0.05, 0) is 45.1 Å². The van der Waals surface area contributed by atoms with Gasteiger partial charge in [0.1, 0.15) is 0 Å². The van der Waals surface area contributed by atoms with Crippen molar-refractivity contribution >= 4 is 33.3 Å². The fraction of sp³-hybridized carbons (Fsp3) is 0.385. The number of guanidine groups is 1. The van der Waals surface area contributed by atoms with E-state index in [0.717, 1.165) is 5.56 Å². The van der Waals surface area contributed by atoms with Crippen LogP contribution in [0.5, 0.6) is 0 Å². The number of nitrogens with one attached hydrogen (secondary N) is 2. The largest absolute Gasteiger partial charge is 0.369 e. The van der Waals surface area contributed by atoms with E-state index in [1.807, 2.05) is 20.8 Å². The zero-order chi connectivity index (χ0) is 16.9. The number of aliphatic imine (C=N–C) groups is 1. The van der Waals surface area contributed by atoms with Crippen molar-refractivity contribution < 1.29 is 8.42 Å². The van der Waals surface area contributed by atoms with E-state index in [9.17, 15) is 8.42 Å². The number of thiocarbonyl (C=S) groups is 1. The normalized spacial score (nSPS) is 12.1. The maximum atomic E-state index is 12.2. The molecule has 0 aliphatic rings. The standard InChI is InChI=1S/C13H21N5O2S2/c1-9(2)15-12(14)16-18(4)13(21)17-22(19,20)11-7-5-10(3)6-8-11/h5-9H,1-4H3,(H,17,21)(H3,14,15,16). The Bertz CT molecular complexity index is 654. The molecule has 0 bridgehead atoms. The van der Waals surface area contributed by atoms with Gasteiger partial charge in [0.25, 0.3) is 10.0 Å². The first kappa shape index (κ1) is 18.2. The second kappa shape index (κ2) is 7.41. The molecule has 0 unspecified atom stereocenters. The molecule has 0 atom stereocenters. The topological polar surface area (TPSA) is 99.8 Å². The van der Waals surface area contributed by atoms with Gasteiger partial charge in [-0.25, -0.2) is 13.4 Å². The molecule has 1 aromatic rings. The molecule has 122 valence electrons. The van der Waals surface area contributed by atoms with E-state index in [0.29, 0.717) is 0 Å². The van der Waals surface area contributed by atoms with Gasteiger partial charge in [-0.3, -0.25) is 15.2 Å². The van der Waals surface area contributed by atoms with E-state index in [1.54, 1.807) is 19.2 Å². The van der Waals surface area contributed by atoms with E-state index < -0.39 is 10.0 Å². The van der Waals surface area contributed by atoms with Crippen molar-refractivity contribution in [2.75, 3.05) is 7.05 Å². The summed E-state index contributed by atoms with van der Waals surface area (Å²) >= 11 is 5.05. The zero-order valence-corrected chi connectivity index (χ0v) is 14.6. The summed E-state index contributed by atoms with van der Waals surface area (Å²) in [6, 6.07) is 6.48. The van der Waals surface area contributed by atoms with Gasteiger partial charge in [0, 0.05) is 13.1 Å². The Morgan fingerprint density at radius 3 is 2.36 bits per heavy atom. The Balaban J connectivity index is 2.76. The lowest BCUT2D eigenvalue weighted by atomic mass is 10.2. The number of hydrogen-bond donors (Lipinski definition) is 3. The summed E-state index contributed by atoms with van der Waals surface area (Å²) in [5, 5.41) is 1.24. The van der Waals surface area contributed by atoms with Gasteiger partial charge in [-0.15, -0.1) is 0 Å². The minimum atomic E-state index is -3.73. The molecule has 7 nitrogen and oxygen atoms in total. The average molecular weight is 343 g/mol. The van der Waals surface area contributed by atoms with Crippen LogP contribution in [-0.2, 0) is 10.0 Å². The third-order valence-corrected chi connectivity index (χ3v) is 4.40. The van der Waals surface area contributed by atoms with Crippen LogP contribution in [0.3, 0.4) is 0 Å². The number of nitrogens with zero attached hydrogens (tertiary/aromatic N) is 2. The molecule has 0 aliphatic carbocycles. The fourth-order valence-electron chi connectivity index (χ4n) is 1.49. The van der Waals surface area contributed by atoms with Crippen molar-refractivity contribution in [3.63, 3.8) is 0 Å². The number of aryl methyl sites for hydroxylation is 1. The highest BCUT2D eigenvalue weighted by molar-refractivity contribution is 7.91. The van der Waals surface area contributed by atoms with Crippen LogP contribution in [0, 0.1) is 6.92 Å². The van der Waals surface area contributed by atoms with Crippen LogP contribution in [0.2, 0.25) is 0 Å². The first-order valence-electron chi connectivity index (χ1n) is 6.59. The highest BCUT2D eigenvalue weighted by Crippen LogP contribution is 2.09. The molecule has 0 radical (unpaired) electrons. The number of benzene rings is 1. The first-order chi connectivity index (χ1) is 10.1. The molecule has 1 aromatic carbocycles. The van der Waals surface area contributed by atoms with Crippen LogP contribution in [-0.4, -0.2) is 37.6 Å². The molecular weight excluding hydrogens is 322 g/mol. The van der Waals surface area contributed by atoms with Crippen LogP contribution in [0.15, 0.2) is 34.2 Å². The van der Waals surface area contributed by atoms with Gasteiger partial charge in [0.15, 0.2) is 0 Å². The summed E-state index contributed by atoms with van der Waals surface area (Å²) in [7, 11) is -2.19. The number of hydrogen-bond acceptors (Lipinski definition) is 4. The number of sulfonamides is 1. The van der Waals surface area contributed by atoms with Crippen LogP contribution in [0.1, 0.15) is 19.4 Å². The third-order valence-electron chi connectivity index (χ3n) is 2.54. The van der Waals surface area contributed by atoms with Crippen LogP contribution < -0.4 is 15.9 Å². The average Bonchev–Trinajstić information content (AvgIpc) is 2.37. The summed E-state index contributed by atoms with van der Waals surface area (Å²) in [5.74, 6) is 0.148. The smallest absolute Gasteiger partial charge is 0.263 e. The molecule has 0 aliphatic heterocycles. The Morgan fingerprint density at radius 1 is 1.32 bits per heavy atom. The van der Waals surface area contributed by atoms with Gasteiger partial charge >= 0.3 is 0 Å². The predicted octanol–water partition coefficient (Wildman–Crippen LogP) is 0.718. The molecule has 0 amide bonds. The monoisotopic (exact) mass is 343 g/mol. The van der Waals surface area contributed by atoms with Gasteiger partial charge in [0.2, 0.25) is 11.1 Å². The van der Waals surface area contributed by atoms with Crippen LogP contribution >= 0.6 is 12.2 Å². The Kier molecular flexibility index (Phi) is 6.12. The van der Waals surface area contributed by atoms with Crippen LogP contribution in [0.4, 0.5) is 0 Å². The third kappa shape index (κ3) is 5.49. The molecule has 0 aromatic heterocycles. The van der Waals surface area contributed by atoms with Crippen molar-refractivity contribution in [1.82, 2.24) is 15.2 Å². The summed E-state index contributed by atoms with van der Waals surface area (Å²) in [6.07, 6.45) is 0. The molecule has 0 spiro atoms. The first-order valence-corrected chi connectivity index (χ1v) is 8.48. The van der Waals surface area contributed by atoms with Crippen molar-refractivity contribution in [3.05, 3.63) is 29.8 Å². The molecule has 22 heavy (non-hydrogen) atoms. The highest BCUT2D eigenvalue weighted by Gasteiger charge is 2.17. The molecule has 0 fully saturated rings. The number of hydrazine groups is 1. The van der Waals surface area contributed by atoms with E-state index in [-0.39, 0.29) is 22.0 Å². The molecular formula is C13H21N5O2S2. The number of rotatable bonds is 3. The molecule has 0 saturated heterocycles. The van der Waals surface area contributed by atoms with Gasteiger partial charge < -0.3 is 5.73 Å². The lowest BCUT2D eigenvalue weighted by Crippen LogP contribution is -2.51. The molecule has 0 saturated carbocycles. The maximum absolute atomic E-state index is 12.2. The van der Waals surface area contributed by atoms with E-state index in [1.165, 1.54) is 17.1 Å². The molecule has 1 rings (SSSR count). The van der Waals surface area contributed by atoms with Crippen molar-refractivity contribution in [2.24, 2.45) is 10.7 Å². The Morgan fingerprint density at radius 2 is 1.86 bits per heavy atom. The Hall–Kier alpha value is -1.87. The lowest BCUT2D eigenvalue weighted by Gasteiger charge is -2.22. The van der Waals surface area contributed by atoms with Crippen molar-refractivity contribution in [2.45, 2.75) is 31.7 Å². The van der Waals surface area contributed by atoms with Crippen LogP contribution in [0.25, 0.3) is 0 Å². The van der Waals surface area contributed by atoms with Crippen molar-refractivity contribution in [1.29, 1.82) is 0 Å². The number of nitrogens with two attached hydrogens (primary N) is 1. The molecule has 0 heterocycles. The Labute approximate surface area is 136 Å². The van der Waals surface area contributed by atoms with Gasteiger partial charge in [-0.1, -0.05) is 17.7 Å². The predicted molar refractivity (Wildman–Crippen MR) is 91.8 cm³/mol. The minimum Gasteiger partial charge on any atom is -0.369 e. The van der Waals surface area contributed by atoms with E-state index in [4.69, 9.17) is 18.0 Å². The molecule has 9 heteroatoms. The zero-order valence-electron chi connectivity index (χ0n) is 13.0. The summed E-state index contributed by atoms with van der Waals surface area (Å²) < 4.78 is 26.7.